The lowest BCUT2D eigenvalue weighted by atomic mass is 9.85. The molecular formula is C60H41N3. The Labute approximate surface area is 365 Å². The van der Waals surface area contributed by atoms with Gasteiger partial charge in [-0.15, -0.1) is 0 Å². The van der Waals surface area contributed by atoms with Crippen LogP contribution in [0.3, 0.4) is 0 Å². The minimum atomic E-state index is 0.862. The van der Waals surface area contributed by atoms with Gasteiger partial charge in [0, 0.05) is 45.3 Å². The standard InChI is InChI=1S/C60H41N3/c1-39(37-61-38-40(2)59-51-25-5-7-27-53(51)60(54-28-8-6-26-52(54)59)50-29-17-19-41-18-3-4-20-45(41)50)42-34-43(62-55-30-13-9-21-46(55)47-22-10-14-31-56(47)62)36-44(35-42)63-57-32-15-11-23-48(57)49-24-12-16-33-58(49)63/h3-38H,2H2,1H3/b39-37+,61-38-. The molecule has 0 aliphatic heterocycles. The van der Waals surface area contributed by atoms with Crippen LogP contribution in [-0.4, -0.2) is 15.3 Å². The molecular weight excluding hydrogens is 763 g/mol. The first-order valence-electron chi connectivity index (χ1n) is 21.6. The summed E-state index contributed by atoms with van der Waals surface area (Å²) in [7, 11) is 0. The van der Waals surface area contributed by atoms with Gasteiger partial charge in [-0.3, -0.25) is 4.99 Å². The van der Waals surface area contributed by atoms with Crippen LogP contribution in [0.2, 0.25) is 0 Å². The number of aromatic nitrogens is 2. The molecule has 0 aliphatic rings. The summed E-state index contributed by atoms with van der Waals surface area (Å²) in [6, 6.07) is 74.5. The quantitative estimate of drug-likeness (QED) is 0.113. The number of nitrogens with zero attached hydrogens (tertiary/aromatic N) is 3. The van der Waals surface area contributed by atoms with Crippen molar-refractivity contribution in [3.05, 3.63) is 230 Å². The van der Waals surface area contributed by atoms with E-state index in [0.29, 0.717) is 0 Å². The zero-order valence-electron chi connectivity index (χ0n) is 34.8. The Morgan fingerprint density at radius 1 is 0.429 bits per heavy atom. The van der Waals surface area contributed by atoms with E-state index in [1.165, 1.54) is 76.3 Å². The summed E-state index contributed by atoms with van der Waals surface area (Å²) in [5, 5.41) is 12.1. The average molecular weight is 804 g/mol. The first-order valence-corrected chi connectivity index (χ1v) is 21.6. The number of hydrogen-bond acceptors (Lipinski definition) is 1. The van der Waals surface area contributed by atoms with Gasteiger partial charge in [0.1, 0.15) is 0 Å². The molecule has 0 unspecified atom stereocenters. The lowest BCUT2D eigenvalue weighted by molar-refractivity contribution is 1.13. The van der Waals surface area contributed by atoms with Gasteiger partial charge in [0.05, 0.1) is 22.1 Å². The van der Waals surface area contributed by atoms with Crippen molar-refractivity contribution in [2.75, 3.05) is 0 Å². The van der Waals surface area contributed by atoms with E-state index >= 15 is 0 Å². The van der Waals surface area contributed by atoms with Gasteiger partial charge in [-0.1, -0.05) is 170 Å². The van der Waals surface area contributed by atoms with Crippen LogP contribution < -0.4 is 0 Å². The average Bonchev–Trinajstić information content (AvgIpc) is 3.86. The van der Waals surface area contributed by atoms with Gasteiger partial charge in [0.25, 0.3) is 0 Å². The van der Waals surface area contributed by atoms with Crippen LogP contribution in [0.1, 0.15) is 18.1 Å². The molecule has 0 bridgehead atoms. The van der Waals surface area contributed by atoms with Gasteiger partial charge < -0.3 is 9.13 Å². The minimum Gasteiger partial charge on any atom is -0.309 e. The predicted octanol–water partition coefficient (Wildman–Crippen LogP) is 16.2. The molecule has 0 saturated carbocycles. The number of allylic oxidation sites excluding steroid dienone is 2. The number of para-hydroxylation sites is 4. The SMILES string of the molecule is C=C(/C=N\C=C(/C)c1cc(-n2c3ccccc3c3ccccc32)cc(-n2c3ccccc3c3ccccc32)c1)c1c2ccccc2c(-c2cccc3ccccc23)c2ccccc12. The predicted molar refractivity (Wildman–Crippen MR) is 271 cm³/mol. The Morgan fingerprint density at radius 2 is 0.825 bits per heavy atom. The molecule has 0 amide bonds. The van der Waals surface area contributed by atoms with Gasteiger partial charge in [0.15, 0.2) is 0 Å². The Bertz CT molecular complexity index is 3590. The van der Waals surface area contributed by atoms with E-state index < -0.39 is 0 Å². The maximum absolute atomic E-state index is 5.04. The van der Waals surface area contributed by atoms with Crippen LogP contribution in [0.25, 0.3) is 110 Å². The van der Waals surface area contributed by atoms with Crippen molar-refractivity contribution in [3.63, 3.8) is 0 Å². The Morgan fingerprint density at radius 3 is 1.32 bits per heavy atom. The number of fused-ring (bicyclic) bond motifs is 9. The fourth-order valence-corrected chi connectivity index (χ4v) is 10.1. The van der Waals surface area contributed by atoms with E-state index in [-0.39, 0.29) is 0 Å². The molecule has 12 rings (SSSR count). The van der Waals surface area contributed by atoms with Gasteiger partial charge in [0.2, 0.25) is 0 Å². The highest BCUT2D eigenvalue weighted by Gasteiger charge is 2.19. The highest BCUT2D eigenvalue weighted by molar-refractivity contribution is 6.26. The van der Waals surface area contributed by atoms with Crippen LogP contribution >= 0.6 is 0 Å². The molecule has 10 aromatic carbocycles. The maximum Gasteiger partial charge on any atom is 0.0541 e. The molecule has 0 aliphatic carbocycles. The second kappa shape index (κ2) is 14.7. The Balaban J connectivity index is 1.01. The van der Waals surface area contributed by atoms with E-state index in [9.17, 15) is 0 Å². The van der Waals surface area contributed by atoms with Crippen molar-refractivity contribution in [3.8, 4) is 22.5 Å². The van der Waals surface area contributed by atoms with Crippen LogP contribution in [-0.2, 0) is 0 Å². The Kier molecular flexibility index (Phi) is 8.55. The first kappa shape index (κ1) is 36.6. The monoisotopic (exact) mass is 803 g/mol. The number of hydrogen-bond donors (Lipinski definition) is 0. The fourth-order valence-electron chi connectivity index (χ4n) is 10.1. The lowest BCUT2D eigenvalue weighted by Gasteiger charge is -2.18. The summed E-state index contributed by atoms with van der Waals surface area (Å²) in [6.07, 6.45) is 3.92. The molecule has 296 valence electrons. The van der Waals surface area contributed by atoms with Gasteiger partial charge >= 0.3 is 0 Å². The summed E-state index contributed by atoms with van der Waals surface area (Å²) in [5.74, 6) is 0. The third-order valence-electron chi connectivity index (χ3n) is 12.8. The Hall–Kier alpha value is -8.27. The summed E-state index contributed by atoms with van der Waals surface area (Å²) in [5.41, 5.74) is 13.4. The minimum absolute atomic E-state index is 0.862. The van der Waals surface area contributed by atoms with E-state index in [1.54, 1.807) is 0 Å². The van der Waals surface area contributed by atoms with Crippen LogP contribution in [0, 0.1) is 0 Å². The number of aliphatic imine (C=N–C) groups is 1. The van der Waals surface area contributed by atoms with Gasteiger partial charge in [-0.2, -0.15) is 0 Å². The maximum atomic E-state index is 5.04. The lowest BCUT2D eigenvalue weighted by Crippen LogP contribution is -2.00. The third kappa shape index (κ3) is 5.85. The molecule has 0 fully saturated rings. The van der Waals surface area contributed by atoms with Crippen molar-refractivity contribution in [2.24, 2.45) is 4.99 Å². The number of benzene rings is 10. The van der Waals surface area contributed by atoms with E-state index in [2.05, 4.69) is 229 Å². The van der Waals surface area contributed by atoms with Crippen molar-refractivity contribution < 1.29 is 0 Å². The number of rotatable bonds is 7. The third-order valence-corrected chi connectivity index (χ3v) is 12.8. The second-order valence-electron chi connectivity index (χ2n) is 16.5. The molecule has 0 atom stereocenters. The van der Waals surface area contributed by atoms with Crippen molar-refractivity contribution in [2.45, 2.75) is 6.92 Å². The summed E-state index contributed by atoms with van der Waals surface area (Å²) >= 11 is 0. The highest BCUT2D eigenvalue weighted by atomic mass is 15.0. The highest BCUT2D eigenvalue weighted by Crippen LogP contribution is 2.44. The summed E-state index contributed by atoms with van der Waals surface area (Å²) in [6.45, 7) is 6.83. The molecule has 12 aromatic rings. The molecule has 0 saturated heterocycles. The molecule has 2 aromatic heterocycles. The van der Waals surface area contributed by atoms with Gasteiger partial charge in [-0.05, 0) is 115 Å². The van der Waals surface area contributed by atoms with E-state index in [1.807, 2.05) is 12.4 Å². The summed E-state index contributed by atoms with van der Waals surface area (Å²) < 4.78 is 4.81. The zero-order valence-corrected chi connectivity index (χ0v) is 34.8. The smallest absolute Gasteiger partial charge is 0.0541 e. The first-order chi connectivity index (χ1) is 31.1. The van der Waals surface area contributed by atoms with Crippen molar-refractivity contribution >= 4 is 93.3 Å². The second-order valence-corrected chi connectivity index (χ2v) is 16.5. The zero-order chi connectivity index (χ0) is 42.0. The van der Waals surface area contributed by atoms with E-state index in [0.717, 1.165) is 44.4 Å². The molecule has 0 N–H and O–H groups in total. The molecule has 0 spiro atoms. The molecule has 3 heteroatoms. The van der Waals surface area contributed by atoms with Crippen LogP contribution in [0.5, 0.6) is 0 Å². The molecule has 0 radical (unpaired) electrons. The fraction of sp³-hybridized carbons (Fsp3) is 0.0167. The summed E-state index contributed by atoms with van der Waals surface area (Å²) in [4.78, 5) is 5.04. The molecule has 3 nitrogen and oxygen atoms in total. The largest absolute Gasteiger partial charge is 0.309 e. The van der Waals surface area contributed by atoms with Gasteiger partial charge in [-0.25, -0.2) is 0 Å². The molecule has 63 heavy (non-hydrogen) atoms. The van der Waals surface area contributed by atoms with Crippen LogP contribution in [0.15, 0.2) is 224 Å². The normalized spacial score (nSPS) is 12.3. The molecule has 2 heterocycles. The van der Waals surface area contributed by atoms with Crippen molar-refractivity contribution in [1.29, 1.82) is 0 Å². The van der Waals surface area contributed by atoms with Crippen molar-refractivity contribution in [1.82, 2.24) is 9.13 Å². The van der Waals surface area contributed by atoms with E-state index in [4.69, 9.17) is 4.99 Å². The topological polar surface area (TPSA) is 22.2 Å². The van der Waals surface area contributed by atoms with Crippen LogP contribution in [0.4, 0.5) is 0 Å².